The predicted octanol–water partition coefficient (Wildman–Crippen LogP) is -0.426. The number of carbonyl (C=O) groups excluding carboxylic acids is 1. The molecule has 8 N–H and O–H groups in total. The van der Waals surface area contributed by atoms with Gasteiger partial charge >= 0.3 is 27.3 Å². The van der Waals surface area contributed by atoms with E-state index in [4.69, 9.17) is 39.5 Å². The zero-order valence-electron chi connectivity index (χ0n) is 28.2. The van der Waals surface area contributed by atoms with Gasteiger partial charge in [-0.1, -0.05) is 30.3 Å². The molecule has 0 radical (unpaired) electrons. The third-order valence-electron chi connectivity index (χ3n) is 8.45. The number of nitrogens with zero attached hydrogens (tertiary/aromatic N) is 6. The number of carbonyl (C=O) groups is 1. The van der Waals surface area contributed by atoms with Crippen molar-refractivity contribution in [2.24, 2.45) is 0 Å². The number of methoxy groups -OCH3 is 1. The highest BCUT2D eigenvalue weighted by atomic mass is 31.2. The van der Waals surface area contributed by atoms with Crippen LogP contribution in [0.25, 0.3) is 11.2 Å². The van der Waals surface area contributed by atoms with Crippen molar-refractivity contribution in [2.75, 3.05) is 31.8 Å². The fourth-order valence-electron chi connectivity index (χ4n) is 5.90. The molecule has 54 heavy (non-hydrogen) atoms. The van der Waals surface area contributed by atoms with E-state index in [1.807, 2.05) is 0 Å². The lowest BCUT2D eigenvalue weighted by Gasteiger charge is -2.25. The summed E-state index contributed by atoms with van der Waals surface area (Å²) in [5, 5.41) is 11.5. The van der Waals surface area contributed by atoms with Gasteiger partial charge < -0.3 is 50.2 Å². The Bertz CT molecular complexity index is 2100. The maximum atomic E-state index is 13.4. The van der Waals surface area contributed by atoms with Crippen LogP contribution < -0.4 is 17.2 Å². The van der Waals surface area contributed by atoms with Crippen molar-refractivity contribution >= 4 is 44.4 Å². The van der Waals surface area contributed by atoms with Crippen LogP contribution in [0, 0.1) is 0 Å². The second kappa shape index (κ2) is 16.3. The highest BCUT2D eigenvalue weighted by molar-refractivity contribution is 7.47. The van der Waals surface area contributed by atoms with Crippen LogP contribution in [0.15, 0.2) is 60.0 Å². The van der Waals surface area contributed by atoms with Gasteiger partial charge in [0, 0.05) is 26.1 Å². The van der Waals surface area contributed by atoms with Crippen molar-refractivity contribution in [2.45, 2.75) is 61.9 Å². The van der Waals surface area contributed by atoms with E-state index in [1.165, 1.54) is 30.3 Å². The van der Waals surface area contributed by atoms with E-state index in [1.54, 1.807) is 30.3 Å². The summed E-state index contributed by atoms with van der Waals surface area (Å²) < 4.78 is 65.1. The van der Waals surface area contributed by atoms with E-state index in [0.717, 1.165) is 16.5 Å². The molecular formula is C29H36N8O15P2. The second-order valence-corrected chi connectivity index (χ2v) is 14.7. The number of aromatic nitrogens is 6. The fraction of sp³-hybridized carbons (Fsp3) is 0.448. The average Bonchev–Trinajstić information content (AvgIpc) is 3.81. The summed E-state index contributed by atoms with van der Waals surface area (Å²) in [4.78, 5) is 71.0. The van der Waals surface area contributed by atoms with Crippen molar-refractivity contribution in [3.63, 3.8) is 0 Å². The first-order chi connectivity index (χ1) is 25.6. The molecule has 1 aromatic carbocycles. The summed E-state index contributed by atoms with van der Waals surface area (Å²) in [6.07, 6.45) is -7.61. The molecule has 0 saturated carbocycles. The number of ether oxygens (including phenoxy) is 4. The molecule has 2 saturated heterocycles. The number of fused-ring (bicyclic) bond motifs is 1. The van der Waals surface area contributed by atoms with Crippen LogP contribution in [-0.2, 0) is 52.9 Å². The number of aliphatic hydroxyl groups excluding tert-OH is 1. The van der Waals surface area contributed by atoms with Gasteiger partial charge in [0.2, 0.25) is 0 Å². The van der Waals surface area contributed by atoms with Crippen LogP contribution in [0.2, 0.25) is 0 Å². The topological polar surface area (TPSA) is 327 Å². The Labute approximate surface area is 304 Å². The molecule has 2 aliphatic heterocycles. The largest absolute Gasteiger partial charge is 0.472 e. The molecule has 2 unspecified atom stereocenters. The van der Waals surface area contributed by atoms with Gasteiger partial charge in [-0.25, -0.2) is 33.7 Å². The van der Waals surface area contributed by atoms with Crippen molar-refractivity contribution < 1.29 is 66.2 Å². The lowest BCUT2D eigenvalue weighted by Crippen LogP contribution is -2.41. The molecule has 25 heteroatoms. The van der Waals surface area contributed by atoms with Crippen LogP contribution in [0.4, 0.5) is 11.6 Å². The highest BCUT2D eigenvalue weighted by Gasteiger charge is 2.50. The Morgan fingerprint density at radius 2 is 1.76 bits per heavy atom. The Hall–Kier alpha value is -4.22. The number of aliphatic hydroxyl groups is 1. The summed E-state index contributed by atoms with van der Waals surface area (Å²) in [7, 11) is -8.88. The van der Waals surface area contributed by atoms with Gasteiger partial charge in [-0.15, -0.1) is 0 Å². The lowest BCUT2D eigenvalue weighted by atomic mass is 10.1. The molecule has 4 aromatic rings. The molecule has 0 aliphatic carbocycles. The second-order valence-electron chi connectivity index (χ2n) is 12.1. The van der Waals surface area contributed by atoms with E-state index in [0.29, 0.717) is 0 Å². The highest BCUT2D eigenvalue weighted by Crippen LogP contribution is 2.50. The molecule has 2 fully saturated rings. The van der Waals surface area contributed by atoms with Crippen LogP contribution in [0.5, 0.6) is 0 Å². The Morgan fingerprint density at radius 1 is 1.02 bits per heavy atom. The monoisotopic (exact) mass is 798 g/mol. The molecule has 0 amide bonds. The number of hydrogen-bond acceptors (Lipinski definition) is 18. The van der Waals surface area contributed by atoms with Crippen molar-refractivity contribution in [3.05, 3.63) is 71.3 Å². The smallest absolute Gasteiger partial charge is 0.455 e. The number of esters is 1. The number of benzene rings is 1. The molecule has 3 aromatic heterocycles. The number of anilines is 2. The van der Waals surface area contributed by atoms with Crippen LogP contribution in [-0.4, -0.2) is 112 Å². The predicted molar refractivity (Wildman–Crippen MR) is 181 cm³/mol. The molecule has 6 rings (SSSR count). The first kappa shape index (κ1) is 39.5. The third kappa shape index (κ3) is 9.17. The van der Waals surface area contributed by atoms with Gasteiger partial charge in [0.1, 0.15) is 48.3 Å². The fourth-order valence-corrected chi connectivity index (χ4v) is 7.20. The number of imidazole rings is 1. The maximum absolute atomic E-state index is 13.4. The maximum Gasteiger partial charge on any atom is 0.472 e. The number of hydrogen-bond donors (Lipinski definition) is 6. The molecule has 0 bridgehead atoms. The van der Waals surface area contributed by atoms with E-state index in [9.17, 15) is 38.5 Å². The zero-order valence-corrected chi connectivity index (χ0v) is 29.9. The van der Waals surface area contributed by atoms with Gasteiger partial charge in [-0.3, -0.25) is 22.7 Å². The first-order valence-electron chi connectivity index (χ1n) is 16.0. The normalized spacial score (nSPS) is 26.1. The zero-order chi connectivity index (χ0) is 38.8. The number of phosphoric acid groups is 2. The molecule has 5 heterocycles. The number of rotatable bonds is 15. The van der Waals surface area contributed by atoms with Crippen molar-refractivity contribution in [1.82, 2.24) is 29.1 Å². The summed E-state index contributed by atoms with van der Waals surface area (Å²) in [5.41, 5.74) is 11.7. The van der Waals surface area contributed by atoms with Crippen LogP contribution in [0.3, 0.4) is 0 Å². The van der Waals surface area contributed by atoms with E-state index in [-0.39, 0.29) is 35.6 Å². The third-order valence-corrected chi connectivity index (χ3v) is 9.95. The van der Waals surface area contributed by atoms with Crippen molar-refractivity contribution in [1.29, 1.82) is 0 Å². The lowest BCUT2D eigenvalue weighted by molar-refractivity contribution is -0.168. The van der Waals surface area contributed by atoms with Crippen molar-refractivity contribution in [3.8, 4) is 0 Å². The molecule has 292 valence electrons. The summed E-state index contributed by atoms with van der Waals surface area (Å²) in [6, 6.07) is 10.2. The summed E-state index contributed by atoms with van der Waals surface area (Å²) in [6.45, 7) is -1.64. The van der Waals surface area contributed by atoms with E-state index in [2.05, 4.69) is 24.5 Å². The number of nitrogen functional groups attached to an aromatic ring is 2. The van der Waals surface area contributed by atoms with Gasteiger partial charge in [0.15, 0.2) is 29.9 Å². The SMILES string of the molecule is COC(Cc1ccccc1)C(=O)O[C@H]1[C@@H](O)[C@H](n2cnc3c(N)ncnc32)O[C@@H]1COP(=O)(O)O[C@H]1C[C@H](n2ccc(N)nc2=O)O[C@H]1COP(=O)(O)O. The van der Waals surface area contributed by atoms with Crippen LogP contribution in [0.1, 0.15) is 24.4 Å². The minimum Gasteiger partial charge on any atom is -0.455 e. The number of phosphoric ester groups is 2. The molecule has 23 nitrogen and oxygen atoms in total. The Balaban J connectivity index is 1.21. The quantitative estimate of drug-likeness (QED) is 0.0656. The molecular weight excluding hydrogens is 762 g/mol. The Morgan fingerprint density at radius 3 is 2.46 bits per heavy atom. The standard InChI is InChI=1S/C29H36N8O15P2/c1-46-17(9-15-5-3-2-4-6-15)28(39)51-24-19(50-27(23(24)38)37-14-34-22-25(31)32-13-33-26(22)37)12-48-54(44,45)52-16-10-21(36-8-7-20(30)35-29(36)40)49-18(16)11-47-53(41,42)43/h2-8,13-14,16-19,21,23-24,27,38H,9-12H2,1H3,(H,44,45)(H2,30,35,40)(H2,31,32,33)(H2,41,42,43)/t16-,17?,18-,19+,21+,23+,24+,27+/m0/s1. The average molecular weight is 799 g/mol. The van der Waals surface area contributed by atoms with Gasteiger partial charge in [0.25, 0.3) is 0 Å². The minimum absolute atomic E-state index is 0.0384. The number of nitrogens with two attached hydrogens (primary N) is 2. The molecule has 0 spiro atoms. The minimum atomic E-state index is -5.15. The summed E-state index contributed by atoms with van der Waals surface area (Å²) >= 11 is 0. The molecule has 9 atom stereocenters. The van der Waals surface area contributed by atoms with Gasteiger partial charge in [0.05, 0.1) is 19.5 Å². The van der Waals surface area contributed by atoms with Crippen LogP contribution >= 0.6 is 15.6 Å². The van der Waals surface area contributed by atoms with E-state index < -0.39 is 89.6 Å². The first-order valence-corrected chi connectivity index (χ1v) is 19.0. The summed E-state index contributed by atoms with van der Waals surface area (Å²) in [5.74, 6) is -0.939. The van der Waals surface area contributed by atoms with Gasteiger partial charge in [-0.2, -0.15) is 4.98 Å². The van der Waals surface area contributed by atoms with E-state index >= 15 is 0 Å². The Kier molecular flexibility index (Phi) is 11.9. The van der Waals surface area contributed by atoms with Gasteiger partial charge in [-0.05, 0) is 11.6 Å². The molecule has 2 aliphatic rings.